The molecule has 1 aliphatic rings. The Hall–Kier alpha value is 0.140. The van der Waals surface area contributed by atoms with E-state index in [2.05, 4.69) is 39.6 Å². The van der Waals surface area contributed by atoms with E-state index in [9.17, 15) is 0 Å². The van der Waals surface area contributed by atoms with Gasteiger partial charge in [0.25, 0.3) is 0 Å². The molecule has 1 heterocycles. The minimum absolute atomic E-state index is 0.661. The van der Waals surface area contributed by atoms with E-state index in [1.165, 1.54) is 47.9 Å². The summed E-state index contributed by atoms with van der Waals surface area (Å²) >= 11 is 5.34. The SMILES string of the molecule is C[C@H](NCc1cc(Br)cs1)C1CCCCCC1. The highest BCUT2D eigenvalue weighted by atomic mass is 79.9. The first-order valence-electron chi connectivity index (χ1n) is 6.72. The second-order valence-electron chi connectivity index (χ2n) is 5.15. The van der Waals surface area contributed by atoms with Gasteiger partial charge in [0.2, 0.25) is 0 Å². The van der Waals surface area contributed by atoms with Crippen molar-refractivity contribution in [3.8, 4) is 0 Å². The fourth-order valence-electron chi connectivity index (χ4n) is 2.69. The molecule has 1 atom stereocenters. The third-order valence-electron chi connectivity index (χ3n) is 3.83. The van der Waals surface area contributed by atoms with Crippen LogP contribution in [0.1, 0.15) is 50.3 Å². The van der Waals surface area contributed by atoms with Crippen LogP contribution in [0.25, 0.3) is 0 Å². The van der Waals surface area contributed by atoms with Crippen LogP contribution in [0, 0.1) is 5.92 Å². The van der Waals surface area contributed by atoms with E-state index in [0.717, 1.165) is 12.5 Å². The maximum Gasteiger partial charge on any atom is 0.0302 e. The van der Waals surface area contributed by atoms with Crippen LogP contribution in [0.5, 0.6) is 0 Å². The van der Waals surface area contributed by atoms with Gasteiger partial charge in [0.15, 0.2) is 0 Å². The van der Waals surface area contributed by atoms with Crippen molar-refractivity contribution in [3.05, 3.63) is 20.8 Å². The molecule has 1 fully saturated rings. The first kappa shape index (κ1) is 13.6. The highest BCUT2D eigenvalue weighted by Gasteiger charge is 2.18. The molecule has 1 nitrogen and oxygen atoms in total. The molecule has 17 heavy (non-hydrogen) atoms. The van der Waals surface area contributed by atoms with E-state index in [1.807, 2.05) is 11.3 Å². The molecule has 0 aromatic carbocycles. The Labute approximate surface area is 117 Å². The lowest BCUT2D eigenvalue weighted by atomic mass is 9.93. The van der Waals surface area contributed by atoms with E-state index < -0.39 is 0 Å². The molecule has 1 N–H and O–H groups in total. The summed E-state index contributed by atoms with van der Waals surface area (Å²) in [5.74, 6) is 0.890. The zero-order valence-electron chi connectivity index (χ0n) is 10.5. The zero-order valence-corrected chi connectivity index (χ0v) is 12.9. The number of nitrogens with one attached hydrogen (secondary N) is 1. The van der Waals surface area contributed by atoms with Gasteiger partial charge in [-0.2, -0.15) is 0 Å². The van der Waals surface area contributed by atoms with Gasteiger partial charge in [0.05, 0.1) is 0 Å². The highest BCUT2D eigenvalue weighted by molar-refractivity contribution is 9.10. The van der Waals surface area contributed by atoms with E-state index in [1.54, 1.807) is 0 Å². The van der Waals surface area contributed by atoms with Crippen molar-refractivity contribution < 1.29 is 0 Å². The van der Waals surface area contributed by atoms with Gasteiger partial charge in [-0.3, -0.25) is 0 Å². The van der Waals surface area contributed by atoms with E-state index in [-0.39, 0.29) is 0 Å². The van der Waals surface area contributed by atoms with Gasteiger partial charge in [-0.1, -0.05) is 25.7 Å². The van der Waals surface area contributed by atoms with Crippen molar-refractivity contribution >= 4 is 27.3 Å². The van der Waals surface area contributed by atoms with Crippen molar-refractivity contribution in [2.45, 2.75) is 58.0 Å². The first-order valence-corrected chi connectivity index (χ1v) is 8.39. The van der Waals surface area contributed by atoms with Gasteiger partial charge in [-0.15, -0.1) is 11.3 Å². The smallest absolute Gasteiger partial charge is 0.0302 e. The minimum atomic E-state index is 0.661. The molecule has 3 heteroatoms. The second kappa shape index (κ2) is 6.91. The van der Waals surface area contributed by atoms with Gasteiger partial charge < -0.3 is 5.32 Å². The molecule has 2 rings (SSSR count). The van der Waals surface area contributed by atoms with Crippen LogP contribution in [0.2, 0.25) is 0 Å². The molecule has 0 amide bonds. The molecular formula is C14H22BrNS. The summed E-state index contributed by atoms with van der Waals surface area (Å²) in [6.07, 6.45) is 8.59. The van der Waals surface area contributed by atoms with Gasteiger partial charge >= 0.3 is 0 Å². The van der Waals surface area contributed by atoms with Gasteiger partial charge in [-0.05, 0) is 47.7 Å². The molecule has 0 bridgehead atoms. The maximum atomic E-state index is 3.70. The summed E-state index contributed by atoms with van der Waals surface area (Å²) in [5.41, 5.74) is 0. The van der Waals surface area contributed by atoms with Crippen molar-refractivity contribution in [2.75, 3.05) is 0 Å². The molecular weight excluding hydrogens is 294 g/mol. The summed E-state index contributed by atoms with van der Waals surface area (Å²) in [6, 6.07) is 2.88. The summed E-state index contributed by atoms with van der Waals surface area (Å²) in [7, 11) is 0. The van der Waals surface area contributed by atoms with Crippen LogP contribution >= 0.6 is 27.3 Å². The van der Waals surface area contributed by atoms with Crippen molar-refractivity contribution in [1.82, 2.24) is 5.32 Å². The lowest BCUT2D eigenvalue weighted by molar-refractivity contribution is 0.337. The first-order chi connectivity index (χ1) is 8.25. The maximum absolute atomic E-state index is 3.70. The summed E-state index contributed by atoms with van der Waals surface area (Å²) in [5, 5.41) is 5.86. The molecule has 1 aliphatic carbocycles. The Morgan fingerprint density at radius 2 is 2.06 bits per heavy atom. The van der Waals surface area contributed by atoms with Crippen LogP contribution in [0.15, 0.2) is 15.9 Å². The highest BCUT2D eigenvalue weighted by Crippen LogP contribution is 2.26. The monoisotopic (exact) mass is 315 g/mol. The van der Waals surface area contributed by atoms with Crippen LogP contribution in [-0.4, -0.2) is 6.04 Å². The van der Waals surface area contributed by atoms with Crippen molar-refractivity contribution in [2.24, 2.45) is 5.92 Å². The molecule has 0 aliphatic heterocycles. The van der Waals surface area contributed by atoms with Crippen molar-refractivity contribution in [3.63, 3.8) is 0 Å². The fourth-order valence-corrected chi connectivity index (χ4v) is 4.09. The predicted molar refractivity (Wildman–Crippen MR) is 79.5 cm³/mol. The van der Waals surface area contributed by atoms with E-state index >= 15 is 0 Å². The Morgan fingerprint density at radius 3 is 2.65 bits per heavy atom. The van der Waals surface area contributed by atoms with Gasteiger partial charge in [0, 0.05) is 27.3 Å². The van der Waals surface area contributed by atoms with Gasteiger partial charge in [0.1, 0.15) is 0 Å². The Morgan fingerprint density at radius 1 is 1.35 bits per heavy atom. The summed E-state index contributed by atoms with van der Waals surface area (Å²) in [6.45, 7) is 3.38. The summed E-state index contributed by atoms with van der Waals surface area (Å²) < 4.78 is 1.21. The van der Waals surface area contributed by atoms with Crippen LogP contribution < -0.4 is 5.32 Å². The number of rotatable bonds is 4. The van der Waals surface area contributed by atoms with Crippen molar-refractivity contribution in [1.29, 1.82) is 0 Å². The number of halogens is 1. The van der Waals surface area contributed by atoms with Gasteiger partial charge in [-0.25, -0.2) is 0 Å². The zero-order chi connectivity index (χ0) is 12.1. The lowest BCUT2D eigenvalue weighted by Gasteiger charge is -2.23. The Balaban J connectivity index is 1.77. The number of hydrogen-bond donors (Lipinski definition) is 1. The number of hydrogen-bond acceptors (Lipinski definition) is 2. The summed E-state index contributed by atoms with van der Waals surface area (Å²) in [4.78, 5) is 1.43. The normalized spacial score (nSPS) is 20.1. The quantitative estimate of drug-likeness (QED) is 0.774. The third-order valence-corrected chi connectivity index (χ3v) is 5.52. The Kier molecular flexibility index (Phi) is 5.51. The van der Waals surface area contributed by atoms with Crippen LogP contribution in [0.4, 0.5) is 0 Å². The van der Waals surface area contributed by atoms with Crippen LogP contribution in [0.3, 0.4) is 0 Å². The average molecular weight is 316 g/mol. The predicted octanol–water partition coefficient (Wildman–Crippen LogP) is 4.96. The molecule has 96 valence electrons. The standard InChI is InChI=1S/C14H22BrNS/c1-11(12-6-4-2-3-5-7-12)16-9-14-8-13(15)10-17-14/h8,10-12,16H,2-7,9H2,1H3/t11-/m0/s1. The molecule has 1 aromatic heterocycles. The molecule has 0 radical (unpaired) electrons. The Bertz CT molecular complexity index is 329. The molecule has 1 aromatic rings. The molecule has 0 unspecified atom stereocenters. The largest absolute Gasteiger partial charge is 0.309 e. The van der Waals surface area contributed by atoms with E-state index in [0.29, 0.717) is 6.04 Å². The minimum Gasteiger partial charge on any atom is -0.309 e. The third kappa shape index (κ3) is 4.38. The fraction of sp³-hybridized carbons (Fsp3) is 0.714. The van der Waals surface area contributed by atoms with E-state index in [4.69, 9.17) is 0 Å². The van der Waals surface area contributed by atoms with Crippen LogP contribution in [-0.2, 0) is 6.54 Å². The lowest BCUT2D eigenvalue weighted by Crippen LogP contribution is -2.32. The molecule has 0 saturated heterocycles. The topological polar surface area (TPSA) is 12.0 Å². The second-order valence-corrected chi connectivity index (χ2v) is 7.06. The number of thiophene rings is 1. The molecule has 1 saturated carbocycles. The average Bonchev–Trinajstić information content (AvgIpc) is 2.58. The molecule has 0 spiro atoms.